The zero-order valence-electron chi connectivity index (χ0n) is 16.0. The molecule has 0 aliphatic rings. The minimum absolute atomic E-state index is 0.0521. The molecule has 1 aromatic heterocycles. The van der Waals surface area contributed by atoms with Crippen molar-refractivity contribution < 1.29 is 9.47 Å². The first-order valence-electron chi connectivity index (χ1n) is 8.95. The van der Waals surface area contributed by atoms with Crippen molar-refractivity contribution in [3.05, 3.63) is 58.4 Å². The van der Waals surface area contributed by atoms with Gasteiger partial charge in [-0.25, -0.2) is 4.98 Å². The van der Waals surface area contributed by atoms with Crippen molar-refractivity contribution in [1.82, 2.24) is 4.98 Å². The van der Waals surface area contributed by atoms with Gasteiger partial charge in [-0.05, 0) is 31.0 Å². The third-order valence-corrected chi connectivity index (χ3v) is 5.12. The molecule has 1 unspecified atom stereocenters. The molecule has 0 saturated carbocycles. The zero-order chi connectivity index (χ0) is 19.9. The highest BCUT2D eigenvalue weighted by Crippen LogP contribution is 2.37. The van der Waals surface area contributed by atoms with E-state index in [1.165, 1.54) is 11.3 Å². The van der Waals surface area contributed by atoms with Gasteiger partial charge < -0.3 is 9.47 Å². The summed E-state index contributed by atoms with van der Waals surface area (Å²) in [4.78, 5) is 4.54. The summed E-state index contributed by atoms with van der Waals surface area (Å²) in [7, 11) is 1.59. The standard InChI is InChI=1S/C21H22ClN3O2S/c1-4-14(2)27-20-17(22)10-15(11-19(20)26-3)12-23-25-21-24-18(13-28-21)16-8-6-5-7-9-16/h5-14H,4H2,1-3H3,(H,24,25). The number of aromatic nitrogens is 1. The van der Waals surface area contributed by atoms with E-state index in [-0.39, 0.29) is 6.10 Å². The number of halogens is 1. The molecule has 28 heavy (non-hydrogen) atoms. The lowest BCUT2D eigenvalue weighted by atomic mass is 10.2. The van der Waals surface area contributed by atoms with Gasteiger partial charge in [0.2, 0.25) is 5.13 Å². The van der Waals surface area contributed by atoms with Crippen LogP contribution in [0.3, 0.4) is 0 Å². The molecule has 3 aromatic rings. The molecule has 1 atom stereocenters. The maximum atomic E-state index is 6.38. The minimum Gasteiger partial charge on any atom is -0.493 e. The van der Waals surface area contributed by atoms with Crippen molar-refractivity contribution in [1.29, 1.82) is 0 Å². The maximum Gasteiger partial charge on any atom is 0.203 e. The Morgan fingerprint density at radius 1 is 1.29 bits per heavy atom. The number of ether oxygens (including phenoxy) is 2. The number of anilines is 1. The molecule has 0 fully saturated rings. The summed E-state index contributed by atoms with van der Waals surface area (Å²) >= 11 is 7.88. The Morgan fingerprint density at radius 2 is 2.07 bits per heavy atom. The Balaban J connectivity index is 1.71. The fourth-order valence-corrected chi connectivity index (χ4v) is 3.37. The van der Waals surface area contributed by atoms with Crippen molar-refractivity contribution in [3.63, 3.8) is 0 Å². The zero-order valence-corrected chi connectivity index (χ0v) is 17.6. The predicted molar refractivity (Wildman–Crippen MR) is 117 cm³/mol. The molecule has 1 heterocycles. The van der Waals surface area contributed by atoms with Gasteiger partial charge in [0.1, 0.15) is 0 Å². The van der Waals surface area contributed by atoms with Crippen molar-refractivity contribution in [2.24, 2.45) is 5.10 Å². The molecule has 3 rings (SSSR count). The van der Waals surface area contributed by atoms with E-state index in [0.29, 0.717) is 21.7 Å². The van der Waals surface area contributed by atoms with Crippen LogP contribution in [0.5, 0.6) is 11.5 Å². The second-order valence-corrected chi connectivity index (χ2v) is 7.41. The Morgan fingerprint density at radius 3 is 2.79 bits per heavy atom. The number of thiazole rings is 1. The number of hydrogen-bond donors (Lipinski definition) is 1. The van der Waals surface area contributed by atoms with Crippen molar-refractivity contribution in [2.75, 3.05) is 12.5 Å². The normalized spacial score (nSPS) is 12.1. The Hall–Kier alpha value is -2.57. The number of nitrogens with one attached hydrogen (secondary N) is 1. The van der Waals surface area contributed by atoms with E-state index in [2.05, 4.69) is 22.4 Å². The molecule has 0 spiro atoms. The van der Waals surface area contributed by atoms with Crippen LogP contribution in [0.1, 0.15) is 25.8 Å². The van der Waals surface area contributed by atoms with Gasteiger partial charge in [0.25, 0.3) is 0 Å². The SMILES string of the molecule is CCC(C)Oc1c(Cl)cc(C=NNc2nc(-c3ccccc3)cs2)cc1OC. The summed E-state index contributed by atoms with van der Waals surface area (Å²) in [6, 6.07) is 13.7. The smallest absolute Gasteiger partial charge is 0.203 e. The van der Waals surface area contributed by atoms with E-state index in [1.54, 1.807) is 19.4 Å². The topological polar surface area (TPSA) is 55.7 Å². The van der Waals surface area contributed by atoms with Gasteiger partial charge in [-0.15, -0.1) is 11.3 Å². The molecule has 5 nitrogen and oxygen atoms in total. The number of hydrazone groups is 1. The Labute approximate surface area is 174 Å². The second kappa shape index (κ2) is 9.57. The monoisotopic (exact) mass is 415 g/mol. The van der Waals surface area contributed by atoms with E-state index in [1.807, 2.05) is 48.7 Å². The quantitative estimate of drug-likeness (QED) is 0.357. The largest absolute Gasteiger partial charge is 0.493 e. The van der Waals surface area contributed by atoms with E-state index >= 15 is 0 Å². The Kier molecular flexibility index (Phi) is 6.90. The first-order valence-corrected chi connectivity index (χ1v) is 10.2. The summed E-state index contributed by atoms with van der Waals surface area (Å²) < 4.78 is 11.3. The lowest BCUT2D eigenvalue weighted by Gasteiger charge is -2.17. The number of rotatable bonds is 8. The molecular weight excluding hydrogens is 394 g/mol. The molecule has 1 N–H and O–H groups in total. The molecule has 0 aliphatic heterocycles. The summed E-state index contributed by atoms with van der Waals surface area (Å²) in [5.74, 6) is 1.13. The second-order valence-electron chi connectivity index (χ2n) is 6.14. The fraction of sp³-hybridized carbons (Fsp3) is 0.238. The van der Waals surface area contributed by atoms with Crippen molar-refractivity contribution in [3.8, 4) is 22.8 Å². The Bertz CT molecular complexity index is 944. The summed E-state index contributed by atoms with van der Waals surface area (Å²) in [6.45, 7) is 4.05. The molecule has 0 amide bonds. The van der Waals surface area contributed by atoms with Crippen LogP contribution < -0.4 is 14.9 Å². The van der Waals surface area contributed by atoms with E-state index in [9.17, 15) is 0 Å². The van der Waals surface area contributed by atoms with Crippen molar-refractivity contribution >= 4 is 34.3 Å². The van der Waals surface area contributed by atoms with Crippen LogP contribution in [0.2, 0.25) is 5.02 Å². The summed E-state index contributed by atoms with van der Waals surface area (Å²) in [5.41, 5.74) is 5.74. The highest BCUT2D eigenvalue weighted by Gasteiger charge is 2.14. The molecule has 0 radical (unpaired) electrons. The van der Waals surface area contributed by atoms with Gasteiger partial charge >= 0.3 is 0 Å². The first-order chi connectivity index (χ1) is 13.6. The number of benzene rings is 2. The number of nitrogens with zero attached hydrogens (tertiary/aromatic N) is 2. The molecule has 0 saturated heterocycles. The average Bonchev–Trinajstić information content (AvgIpc) is 3.19. The predicted octanol–water partition coefficient (Wildman–Crippen LogP) is 6.10. The molecular formula is C21H22ClN3O2S. The van der Waals surface area contributed by atoms with Crippen LogP contribution in [-0.2, 0) is 0 Å². The summed E-state index contributed by atoms with van der Waals surface area (Å²) in [5, 5.41) is 7.45. The van der Waals surface area contributed by atoms with Gasteiger partial charge in [0.15, 0.2) is 11.5 Å². The van der Waals surface area contributed by atoms with Crippen molar-refractivity contribution in [2.45, 2.75) is 26.4 Å². The van der Waals surface area contributed by atoms with Gasteiger partial charge in [-0.2, -0.15) is 5.10 Å². The molecule has 0 bridgehead atoms. The van der Waals surface area contributed by atoms with Crippen LogP contribution in [0.15, 0.2) is 52.9 Å². The lowest BCUT2D eigenvalue weighted by Crippen LogP contribution is -2.11. The highest BCUT2D eigenvalue weighted by molar-refractivity contribution is 7.14. The molecule has 7 heteroatoms. The van der Waals surface area contributed by atoms with Crippen LogP contribution in [0, 0.1) is 0 Å². The van der Waals surface area contributed by atoms with Gasteiger partial charge in [-0.1, -0.05) is 48.9 Å². The van der Waals surface area contributed by atoms with Gasteiger partial charge in [0, 0.05) is 10.9 Å². The third kappa shape index (κ3) is 5.03. The highest BCUT2D eigenvalue weighted by atomic mass is 35.5. The number of methoxy groups -OCH3 is 1. The minimum atomic E-state index is 0.0521. The molecule has 146 valence electrons. The average molecular weight is 416 g/mol. The maximum absolute atomic E-state index is 6.38. The van der Waals surface area contributed by atoms with E-state index in [4.69, 9.17) is 21.1 Å². The van der Waals surface area contributed by atoms with Crippen LogP contribution in [-0.4, -0.2) is 24.4 Å². The number of hydrogen-bond acceptors (Lipinski definition) is 6. The van der Waals surface area contributed by atoms with Crippen LogP contribution in [0.25, 0.3) is 11.3 Å². The van der Waals surface area contributed by atoms with Crippen LogP contribution >= 0.6 is 22.9 Å². The molecule has 0 aliphatic carbocycles. The van der Waals surface area contributed by atoms with Gasteiger partial charge in [0.05, 0.1) is 30.1 Å². The first kappa shape index (κ1) is 20.2. The molecule has 2 aromatic carbocycles. The summed E-state index contributed by atoms with van der Waals surface area (Å²) in [6.07, 6.45) is 2.60. The van der Waals surface area contributed by atoms with Crippen LogP contribution in [0.4, 0.5) is 5.13 Å². The van der Waals surface area contributed by atoms with E-state index in [0.717, 1.165) is 23.2 Å². The fourth-order valence-electron chi connectivity index (χ4n) is 2.44. The van der Waals surface area contributed by atoms with E-state index < -0.39 is 0 Å². The lowest BCUT2D eigenvalue weighted by molar-refractivity contribution is 0.208. The van der Waals surface area contributed by atoms with Gasteiger partial charge in [-0.3, -0.25) is 5.43 Å². The third-order valence-electron chi connectivity index (χ3n) is 4.09.